The first-order valence-electron chi connectivity index (χ1n) is 10.2. The molecule has 0 aliphatic carbocycles. The third-order valence-corrected chi connectivity index (χ3v) is 5.83. The Bertz CT molecular complexity index is 825. The fourth-order valence-electron chi connectivity index (χ4n) is 2.93. The SMILES string of the molecule is CN(C)C(=O)CNC(=NCc1ccc(Sc2ccccc2)cc1)NCC1CCOC1.I. The van der Waals surface area contributed by atoms with Crippen LogP contribution < -0.4 is 10.6 Å². The number of nitrogens with zero attached hydrogens (tertiary/aromatic N) is 2. The van der Waals surface area contributed by atoms with Gasteiger partial charge in [-0.3, -0.25) is 4.79 Å². The maximum Gasteiger partial charge on any atom is 0.241 e. The molecule has 0 bridgehead atoms. The number of aliphatic imine (C=N–C) groups is 1. The lowest BCUT2D eigenvalue weighted by Crippen LogP contribution is -2.44. The minimum absolute atomic E-state index is 0. The zero-order valence-electron chi connectivity index (χ0n) is 18.0. The molecule has 1 unspecified atom stereocenters. The van der Waals surface area contributed by atoms with E-state index in [-0.39, 0.29) is 36.4 Å². The molecule has 1 saturated heterocycles. The second-order valence-electron chi connectivity index (χ2n) is 7.48. The number of ether oxygens (including phenoxy) is 1. The van der Waals surface area contributed by atoms with Crippen LogP contribution in [0, 0.1) is 5.92 Å². The summed E-state index contributed by atoms with van der Waals surface area (Å²) in [5.74, 6) is 1.15. The number of carbonyl (C=O) groups excluding carboxylic acids is 1. The van der Waals surface area contributed by atoms with Crippen molar-refractivity contribution in [1.82, 2.24) is 15.5 Å². The van der Waals surface area contributed by atoms with Crippen molar-refractivity contribution in [3.63, 3.8) is 0 Å². The molecule has 1 atom stereocenters. The number of guanidine groups is 1. The highest BCUT2D eigenvalue weighted by molar-refractivity contribution is 14.0. The highest BCUT2D eigenvalue weighted by atomic mass is 127. The van der Waals surface area contributed by atoms with Crippen LogP contribution in [0.1, 0.15) is 12.0 Å². The van der Waals surface area contributed by atoms with Gasteiger partial charge in [0.1, 0.15) is 0 Å². The van der Waals surface area contributed by atoms with Crippen molar-refractivity contribution in [2.45, 2.75) is 22.8 Å². The molecule has 1 aliphatic heterocycles. The first-order chi connectivity index (χ1) is 14.6. The molecule has 0 radical (unpaired) electrons. The number of likely N-dealkylation sites (N-methyl/N-ethyl adjacent to an activating group) is 1. The van der Waals surface area contributed by atoms with Crippen LogP contribution in [0.5, 0.6) is 0 Å². The fraction of sp³-hybridized carbons (Fsp3) is 0.391. The van der Waals surface area contributed by atoms with Crippen LogP contribution in [0.15, 0.2) is 69.4 Å². The first kappa shape index (κ1) is 25.5. The van der Waals surface area contributed by atoms with E-state index in [1.807, 2.05) is 18.2 Å². The van der Waals surface area contributed by atoms with Gasteiger partial charge in [-0.05, 0) is 36.2 Å². The van der Waals surface area contributed by atoms with E-state index in [2.05, 4.69) is 52.0 Å². The maximum absolute atomic E-state index is 11.9. The second-order valence-corrected chi connectivity index (χ2v) is 8.62. The van der Waals surface area contributed by atoms with Crippen molar-refractivity contribution in [3.8, 4) is 0 Å². The summed E-state index contributed by atoms with van der Waals surface area (Å²) in [4.78, 5) is 20.6. The van der Waals surface area contributed by atoms with E-state index in [1.54, 1.807) is 30.8 Å². The van der Waals surface area contributed by atoms with Gasteiger partial charge in [0.15, 0.2) is 5.96 Å². The van der Waals surface area contributed by atoms with Crippen LogP contribution in [-0.2, 0) is 16.1 Å². The predicted molar refractivity (Wildman–Crippen MR) is 137 cm³/mol. The number of halogens is 1. The van der Waals surface area contributed by atoms with Crippen LogP contribution in [0.25, 0.3) is 0 Å². The highest BCUT2D eigenvalue weighted by Gasteiger charge is 2.16. The zero-order valence-corrected chi connectivity index (χ0v) is 21.2. The molecule has 31 heavy (non-hydrogen) atoms. The average molecular weight is 554 g/mol. The Hall–Kier alpha value is -1.78. The van der Waals surface area contributed by atoms with Gasteiger partial charge in [0, 0.05) is 43.0 Å². The zero-order chi connectivity index (χ0) is 21.2. The number of nitrogens with one attached hydrogen (secondary N) is 2. The van der Waals surface area contributed by atoms with Gasteiger partial charge >= 0.3 is 0 Å². The van der Waals surface area contributed by atoms with Gasteiger partial charge in [-0.25, -0.2) is 4.99 Å². The van der Waals surface area contributed by atoms with Gasteiger partial charge in [-0.2, -0.15) is 0 Å². The van der Waals surface area contributed by atoms with Crippen LogP contribution in [0.2, 0.25) is 0 Å². The van der Waals surface area contributed by atoms with Crippen molar-refractivity contribution in [2.75, 3.05) is 40.4 Å². The minimum Gasteiger partial charge on any atom is -0.381 e. The molecule has 2 aromatic rings. The smallest absolute Gasteiger partial charge is 0.241 e. The Morgan fingerprint density at radius 2 is 1.81 bits per heavy atom. The van der Waals surface area contributed by atoms with Gasteiger partial charge in [0.05, 0.1) is 19.7 Å². The third-order valence-electron chi connectivity index (χ3n) is 4.81. The van der Waals surface area contributed by atoms with E-state index in [4.69, 9.17) is 4.74 Å². The summed E-state index contributed by atoms with van der Waals surface area (Å²) < 4.78 is 5.44. The van der Waals surface area contributed by atoms with E-state index >= 15 is 0 Å². The molecular weight excluding hydrogens is 523 g/mol. The third kappa shape index (κ3) is 9.08. The molecular formula is C23H31IN4O2S. The van der Waals surface area contributed by atoms with Crippen molar-refractivity contribution in [1.29, 1.82) is 0 Å². The molecule has 8 heteroatoms. The van der Waals surface area contributed by atoms with Crippen molar-refractivity contribution >= 4 is 47.6 Å². The first-order valence-corrected chi connectivity index (χ1v) is 11.0. The van der Waals surface area contributed by atoms with Gasteiger partial charge in [-0.15, -0.1) is 24.0 Å². The minimum atomic E-state index is 0. The Morgan fingerprint density at radius 3 is 2.45 bits per heavy atom. The van der Waals surface area contributed by atoms with Crippen molar-refractivity contribution in [2.24, 2.45) is 10.9 Å². The summed E-state index contributed by atoms with van der Waals surface area (Å²) in [6.07, 6.45) is 1.05. The number of benzene rings is 2. The van der Waals surface area contributed by atoms with Gasteiger partial charge in [-0.1, -0.05) is 42.1 Å². The van der Waals surface area contributed by atoms with Crippen LogP contribution in [-0.4, -0.2) is 57.2 Å². The molecule has 0 spiro atoms. The molecule has 1 amide bonds. The summed E-state index contributed by atoms with van der Waals surface area (Å²) in [6.45, 7) is 3.14. The standard InChI is InChI=1S/C23H30N4O2S.HI/c1-27(2)22(28)16-26-23(25-15-19-12-13-29-17-19)24-14-18-8-10-21(11-9-18)30-20-6-4-3-5-7-20;/h3-11,19H,12-17H2,1-2H3,(H2,24,25,26);1H. The number of hydrogen-bond donors (Lipinski definition) is 2. The maximum atomic E-state index is 11.9. The Kier molecular flexibility index (Phi) is 11.2. The fourth-order valence-corrected chi connectivity index (χ4v) is 3.77. The van der Waals surface area contributed by atoms with E-state index in [0.29, 0.717) is 18.4 Å². The normalized spacial score (nSPS) is 15.8. The molecule has 1 heterocycles. The largest absolute Gasteiger partial charge is 0.381 e. The molecule has 6 nitrogen and oxygen atoms in total. The van der Waals surface area contributed by atoms with Crippen molar-refractivity contribution in [3.05, 3.63) is 60.2 Å². The van der Waals surface area contributed by atoms with E-state index < -0.39 is 0 Å². The highest BCUT2D eigenvalue weighted by Crippen LogP contribution is 2.27. The summed E-state index contributed by atoms with van der Waals surface area (Å²) >= 11 is 1.74. The Balaban J connectivity index is 0.00000341. The summed E-state index contributed by atoms with van der Waals surface area (Å²) in [5.41, 5.74) is 1.12. The average Bonchev–Trinajstić information content (AvgIpc) is 3.28. The molecule has 3 rings (SSSR count). The molecule has 1 fully saturated rings. The number of carbonyl (C=O) groups is 1. The number of amides is 1. The molecule has 1 aliphatic rings. The van der Waals surface area contributed by atoms with Gasteiger partial charge in [0.25, 0.3) is 0 Å². The van der Waals surface area contributed by atoms with E-state index in [1.165, 1.54) is 9.79 Å². The summed E-state index contributed by atoms with van der Waals surface area (Å²) in [6, 6.07) is 18.8. The lowest BCUT2D eigenvalue weighted by molar-refractivity contribution is -0.127. The molecule has 2 N–H and O–H groups in total. The van der Waals surface area contributed by atoms with Crippen LogP contribution in [0.4, 0.5) is 0 Å². The lowest BCUT2D eigenvalue weighted by Gasteiger charge is -2.16. The summed E-state index contributed by atoms with van der Waals surface area (Å²) in [5, 5.41) is 6.50. The van der Waals surface area contributed by atoms with E-state index in [9.17, 15) is 4.79 Å². The van der Waals surface area contributed by atoms with E-state index in [0.717, 1.165) is 31.7 Å². The molecule has 168 valence electrons. The van der Waals surface area contributed by atoms with Crippen LogP contribution in [0.3, 0.4) is 0 Å². The van der Waals surface area contributed by atoms with Crippen molar-refractivity contribution < 1.29 is 9.53 Å². The number of rotatable bonds is 8. The predicted octanol–water partition coefficient (Wildman–Crippen LogP) is 3.62. The topological polar surface area (TPSA) is 66.0 Å². The second kappa shape index (κ2) is 13.6. The van der Waals surface area contributed by atoms with Gasteiger partial charge < -0.3 is 20.3 Å². The lowest BCUT2D eigenvalue weighted by atomic mass is 10.1. The molecule has 0 saturated carbocycles. The van der Waals surface area contributed by atoms with Crippen LogP contribution >= 0.6 is 35.7 Å². The monoisotopic (exact) mass is 554 g/mol. The Morgan fingerprint density at radius 1 is 1.10 bits per heavy atom. The van der Waals surface area contributed by atoms with Gasteiger partial charge in [0.2, 0.25) is 5.91 Å². The molecule has 2 aromatic carbocycles. The Labute approximate surface area is 206 Å². The summed E-state index contributed by atoms with van der Waals surface area (Å²) in [7, 11) is 3.50. The quantitative estimate of drug-likeness (QED) is 0.297. The molecule has 0 aromatic heterocycles. The number of hydrogen-bond acceptors (Lipinski definition) is 4.